The number of aromatic nitrogens is 1. The molecular formula is C30H34N2O3S2. The number of amides is 1. The number of methoxy groups -OCH3 is 1. The van der Waals surface area contributed by atoms with Crippen molar-refractivity contribution >= 4 is 34.7 Å². The Bertz CT molecular complexity index is 1370. The molecule has 1 N–H and O–H groups in total. The Kier molecular flexibility index (Phi) is 6.27. The molecule has 2 aromatic carbocycles. The van der Waals surface area contributed by atoms with Crippen molar-refractivity contribution in [3.8, 4) is 5.75 Å². The molecule has 194 valence electrons. The van der Waals surface area contributed by atoms with E-state index in [-0.39, 0.29) is 28.7 Å². The Hall–Kier alpha value is -2.51. The minimum absolute atomic E-state index is 0.0326. The minimum atomic E-state index is -0.186. The molecule has 5 atom stereocenters. The summed E-state index contributed by atoms with van der Waals surface area (Å²) in [6.45, 7) is 6.76. The van der Waals surface area contributed by atoms with Gasteiger partial charge in [0.1, 0.15) is 12.3 Å². The van der Waals surface area contributed by atoms with Crippen molar-refractivity contribution in [2.45, 2.75) is 68.2 Å². The van der Waals surface area contributed by atoms with E-state index in [4.69, 9.17) is 4.74 Å². The van der Waals surface area contributed by atoms with Gasteiger partial charge in [-0.2, -0.15) is 0 Å². The number of carbonyl (C=O) groups is 1. The lowest BCUT2D eigenvalue weighted by Gasteiger charge is -2.40. The number of benzene rings is 2. The molecule has 1 aromatic heterocycles. The summed E-state index contributed by atoms with van der Waals surface area (Å²) in [5.74, 6) is 2.78. The van der Waals surface area contributed by atoms with Crippen molar-refractivity contribution in [1.82, 2.24) is 4.57 Å². The summed E-state index contributed by atoms with van der Waals surface area (Å²) in [6.07, 6.45) is 3.89. The van der Waals surface area contributed by atoms with Gasteiger partial charge in [0.15, 0.2) is 0 Å². The molecular weight excluding hydrogens is 500 g/mol. The summed E-state index contributed by atoms with van der Waals surface area (Å²) in [7, 11) is 1.62. The first kappa shape index (κ1) is 24.8. The SMILES string of the molecule is COc1ccc(NC(=O)Cn2c3c(sc2=O)C(c2ccc(C(C)(C)C)cc2)C2C4CCC(C4)C2S3)cc1. The molecule has 2 heterocycles. The highest BCUT2D eigenvalue weighted by molar-refractivity contribution is 8.00. The fraction of sp³-hybridized carbons (Fsp3) is 0.467. The topological polar surface area (TPSA) is 60.3 Å². The molecule has 3 aromatic rings. The van der Waals surface area contributed by atoms with Crippen LogP contribution in [0.5, 0.6) is 5.75 Å². The lowest BCUT2D eigenvalue weighted by molar-refractivity contribution is -0.116. The van der Waals surface area contributed by atoms with E-state index in [1.807, 2.05) is 36.0 Å². The fourth-order valence-electron chi connectivity index (χ4n) is 6.67. The number of carbonyl (C=O) groups excluding carboxylic acids is 1. The zero-order valence-corrected chi connectivity index (χ0v) is 23.5. The van der Waals surface area contributed by atoms with E-state index >= 15 is 0 Å². The predicted octanol–water partition coefficient (Wildman–Crippen LogP) is 6.51. The normalized spacial score (nSPS) is 26.0. The predicted molar refractivity (Wildman–Crippen MR) is 151 cm³/mol. The first-order chi connectivity index (χ1) is 17.7. The van der Waals surface area contributed by atoms with Crippen LogP contribution in [0.15, 0.2) is 58.4 Å². The number of hydrogen-bond acceptors (Lipinski definition) is 5. The van der Waals surface area contributed by atoms with Gasteiger partial charge in [0.05, 0.1) is 12.1 Å². The van der Waals surface area contributed by atoms with Gasteiger partial charge in [0.25, 0.3) is 0 Å². The van der Waals surface area contributed by atoms with Crippen LogP contribution in [0, 0.1) is 17.8 Å². The molecule has 3 aliphatic rings. The first-order valence-corrected chi connectivity index (χ1v) is 14.9. The molecule has 2 saturated carbocycles. The molecule has 1 amide bonds. The van der Waals surface area contributed by atoms with E-state index < -0.39 is 0 Å². The average Bonchev–Trinajstić information content (AvgIpc) is 3.57. The fourth-order valence-corrected chi connectivity index (χ4v) is 9.82. The van der Waals surface area contributed by atoms with E-state index in [2.05, 4.69) is 50.4 Å². The molecule has 2 fully saturated rings. The largest absolute Gasteiger partial charge is 0.497 e. The molecule has 1 aliphatic heterocycles. The number of nitrogens with zero attached hydrogens (tertiary/aromatic N) is 1. The van der Waals surface area contributed by atoms with Crippen LogP contribution >= 0.6 is 23.1 Å². The lowest BCUT2D eigenvalue weighted by atomic mass is 9.74. The molecule has 0 saturated heterocycles. The molecule has 7 heteroatoms. The Labute approximate surface area is 226 Å². The molecule has 5 unspecified atom stereocenters. The minimum Gasteiger partial charge on any atom is -0.497 e. The van der Waals surface area contributed by atoms with Crippen molar-refractivity contribution in [2.24, 2.45) is 17.8 Å². The van der Waals surface area contributed by atoms with Crippen LogP contribution in [-0.2, 0) is 16.8 Å². The number of ether oxygens (including phenoxy) is 1. The second-order valence-corrected chi connectivity index (χ2v) is 13.9. The zero-order chi connectivity index (χ0) is 25.9. The molecule has 2 bridgehead atoms. The van der Waals surface area contributed by atoms with Gasteiger partial charge in [0.2, 0.25) is 5.91 Å². The van der Waals surface area contributed by atoms with Crippen LogP contribution in [0.2, 0.25) is 0 Å². The van der Waals surface area contributed by atoms with Gasteiger partial charge < -0.3 is 10.1 Å². The van der Waals surface area contributed by atoms with Crippen molar-refractivity contribution in [3.63, 3.8) is 0 Å². The van der Waals surface area contributed by atoms with Gasteiger partial charge in [0, 0.05) is 21.7 Å². The summed E-state index contributed by atoms with van der Waals surface area (Å²) in [6, 6.07) is 16.4. The lowest BCUT2D eigenvalue weighted by Crippen LogP contribution is -2.35. The number of thiazole rings is 1. The molecule has 37 heavy (non-hydrogen) atoms. The van der Waals surface area contributed by atoms with Gasteiger partial charge >= 0.3 is 4.87 Å². The van der Waals surface area contributed by atoms with Gasteiger partial charge in [-0.25, -0.2) is 0 Å². The number of rotatable bonds is 5. The first-order valence-electron chi connectivity index (χ1n) is 13.2. The van der Waals surface area contributed by atoms with Gasteiger partial charge in [-0.3, -0.25) is 14.2 Å². The van der Waals surface area contributed by atoms with Gasteiger partial charge in [-0.1, -0.05) is 56.4 Å². The molecule has 6 rings (SSSR count). The third-order valence-electron chi connectivity index (χ3n) is 8.50. The third-order valence-corrected chi connectivity index (χ3v) is 11.3. The number of thioether (sulfide) groups is 1. The van der Waals surface area contributed by atoms with Gasteiger partial charge in [-0.15, -0.1) is 11.8 Å². The maximum Gasteiger partial charge on any atom is 0.308 e. The summed E-state index contributed by atoms with van der Waals surface area (Å²) in [4.78, 5) is 27.4. The number of anilines is 1. The third kappa shape index (κ3) is 4.44. The van der Waals surface area contributed by atoms with Crippen LogP contribution in [0.3, 0.4) is 0 Å². The van der Waals surface area contributed by atoms with E-state index in [1.165, 1.54) is 41.7 Å². The maximum absolute atomic E-state index is 13.3. The van der Waals surface area contributed by atoms with Crippen LogP contribution in [-0.4, -0.2) is 22.8 Å². The average molecular weight is 535 g/mol. The summed E-state index contributed by atoms with van der Waals surface area (Å²) in [5.41, 5.74) is 3.44. The summed E-state index contributed by atoms with van der Waals surface area (Å²) < 4.78 is 6.93. The van der Waals surface area contributed by atoms with Crippen molar-refractivity contribution in [1.29, 1.82) is 0 Å². The highest BCUT2D eigenvalue weighted by Crippen LogP contribution is 2.64. The van der Waals surface area contributed by atoms with Crippen LogP contribution < -0.4 is 14.9 Å². The highest BCUT2D eigenvalue weighted by Gasteiger charge is 2.55. The Balaban J connectivity index is 1.33. The Morgan fingerprint density at radius 1 is 1.05 bits per heavy atom. The Morgan fingerprint density at radius 3 is 2.43 bits per heavy atom. The number of nitrogens with one attached hydrogen (secondary N) is 1. The quantitative estimate of drug-likeness (QED) is 0.406. The van der Waals surface area contributed by atoms with E-state index in [0.29, 0.717) is 22.8 Å². The van der Waals surface area contributed by atoms with Crippen molar-refractivity contribution in [3.05, 3.63) is 74.2 Å². The highest BCUT2D eigenvalue weighted by atomic mass is 32.2. The second-order valence-electron chi connectivity index (χ2n) is 11.7. The van der Waals surface area contributed by atoms with E-state index in [9.17, 15) is 9.59 Å². The smallest absolute Gasteiger partial charge is 0.308 e. The summed E-state index contributed by atoms with van der Waals surface area (Å²) in [5, 5.41) is 4.47. The molecule has 2 aliphatic carbocycles. The van der Waals surface area contributed by atoms with Crippen molar-refractivity contribution in [2.75, 3.05) is 12.4 Å². The van der Waals surface area contributed by atoms with E-state index in [0.717, 1.165) is 21.6 Å². The van der Waals surface area contributed by atoms with Crippen LogP contribution in [0.25, 0.3) is 0 Å². The number of hydrogen-bond donors (Lipinski definition) is 1. The Morgan fingerprint density at radius 2 is 1.76 bits per heavy atom. The van der Waals surface area contributed by atoms with Crippen LogP contribution in [0.1, 0.15) is 62.0 Å². The monoisotopic (exact) mass is 534 g/mol. The van der Waals surface area contributed by atoms with E-state index in [1.54, 1.807) is 11.7 Å². The zero-order valence-electron chi connectivity index (χ0n) is 21.8. The molecule has 5 nitrogen and oxygen atoms in total. The van der Waals surface area contributed by atoms with Crippen molar-refractivity contribution < 1.29 is 9.53 Å². The second kappa shape index (κ2) is 9.35. The number of fused-ring (bicyclic) bond motifs is 6. The maximum atomic E-state index is 13.3. The van der Waals surface area contributed by atoms with Gasteiger partial charge in [-0.05, 0) is 77.8 Å². The molecule has 0 spiro atoms. The summed E-state index contributed by atoms with van der Waals surface area (Å²) >= 11 is 3.22. The molecule has 0 radical (unpaired) electrons. The standard InChI is InChI=1S/C30H34N2O3S2/c1-30(2,3)20-9-7-17(8-10-20)24-25-18-5-6-19(15-18)26(25)36-28-27(24)37-29(34)32(28)16-23(33)31-21-11-13-22(35-4)14-12-21/h7-14,18-19,24-26H,5-6,15-16H2,1-4H3,(H,31,33). The van der Waals surface area contributed by atoms with Crippen LogP contribution in [0.4, 0.5) is 5.69 Å².